The summed E-state index contributed by atoms with van der Waals surface area (Å²) in [4.78, 5) is 14.7. The van der Waals surface area contributed by atoms with Crippen LogP contribution in [-0.2, 0) is 25.6 Å². The highest BCUT2D eigenvalue weighted by Crippen LogP contribution is 2.24. The first-order chi connectivity index (χ1) is 11.4. The molecule has 1 fully saturated rings. The van der Waals surface area contributed by atoms with E-state index >= 15 is 0 Å². The fourth-order valence-corrected chi connectivity index (χ4v) is 2.33. The Morgan fingerprint density at radius 3 is 2.83 bits per heavy atom. The summed E-state index contributed by atoms with van der Waals surface area (Å²) in [6.07, 6.45) is -2.43. The maximum atomic E-state index is 11.9. The van der Waals surface area contributed by atoms with Crippen LogP contribution in [0.15, 0.2) is 35.4 Å². The lowest BCUT2D eigenvalue weighted by Gasteiger charge is -2.38. The van der Waals surface area contributed by atoms with E-state index < -0.39 is 29.8 Å². The first-order valence-corrected chi connectivity index (χ1v) is 7.61. The molecule has 2 rings (SSSR count). The number of Topliss-reactive ketones (excluding diaryl/α,β-unsaturated/α-hetero) is 1. The Bertz CT molecular complexity index is 601. The highest BCUT2D eigenvalue weighted by Gasteiger charge is 2.42. The van der Waals surface area contributed by atoms with Crippen molar-refractivity contribution in [3.63, 3.8) is 0 Å². The Labute approximate surface area is 140 Å². The number of ether oxygens (including phenoxy) is 3. The number of azide groups is 1. The topological polar surface area (TPSA) is 114 Å². The van der Waals surface area contributed by atoms with Crippen LogP contribution in [0.3, 0.4) is 0 Å². The zero-order chi connectivity index (χ0) is 17.6. The lowest BCUT2D eigenvalue weighted by atomic mass is 10.0. The van der Waals surface area contributed by atoms with Crippen molar-refractivity contribution in [3.8, 4) is 0 Å². The number of hydrogen-bond donors (Lipinski definition) is 1. The van der Waals surface area contributed by atoms with Gasteiger partial charge < -0.3 is 19.3 Å². The van der Waals surface area contributed by atoms with E-state index in [0.717, 1.165) is 5.56 Å². The molecular formula is C16H21N3O5. The molecule has 0 saturated carbocycles. The lowest BCUT2D eigenvalue weighted by molar-refractivity contribution is -0.272. The van der Waals surface area contributed by atoms with Crippen molar-refractivity contribution in [1.82, 2.24) is 0 Å². The normalized spacial score (nSPS) is 22.5. The number of carbonyl (C=O) groups is 1. The first-order valence-electron chi connectivity index (χ1n) is 7.61. The van der Waals surface area contributed by atoms with Crippen LogP contribution in [0.2, 0.25) is 0 Å². The van der Waals surface area contributed by atoms with Gasteiger partial charge in [0.2, 0.25) is 0 Å². The van der Waals surface area contributed by atoms with Gasteiger partial charge in [-0.25, -0.2) is 0 Å². The Morgan fingerprint density at radius 2 is 2.17 bits per heavy atom. The minimum absolute atomic E-state index is 0.0332. The van der Waals surface area contributed by atoms with Gasteiger partial charge in [0.05, 0.1) is 25.4 Å². The van der Waals surface area contributed by atoms with E-state index in [2.05, 4.69) is 10.0 Å². The van der Waals surface area contributed by atoms with Gasteiger partial charge >= 0.3 is 0 Å². The number of hydrogen-bond acceptors (Lipinski definition) is 6. The molecule has 0 unspecified atom stereocenters. The van der Waals surface area contributed by atoms with Crippen LogP contribution < -0.4 is 0 Å². The molecule has 1 N–H and O–H groups in total. The Balaban J connectivity index is 1.98. The Morgan fingerprint density at radius 1 is 1.46 bits per heavy atom. The second-order valence-electron chi connectivity index (χ2n) is 5.96. The predicted molar refractivity (Wildman–Crippen MR) is 84.9 cm³/mol. The summed E-state index contributed by atoms with van der Waals surface area (Å²) in [5.41, 5.74) is 9.66. The van der Waals surface area contributed by atoms with Gasteiger partial charge in [0.25, 0.3) is 0 Å². The molecule has 8 nitrogen and oxygen atoms in total. The minimum Gasteiger partial charge on any atom is -0.389 e. The van der Waals surface area contributed by atoms with E-state index in [1.807, 2.05) is 30.3 Å². The van der Waals surface area contributed by atoms with Gasteiger partial charge in [-0.15, -0.1) is 0 Å². The van der Waals surface area contributed by atoms with Gasteiger partial charge in [0, 0.05) is 4.91 Å². The molecule has 0 radical (unpaired) electrons. The fraction of sp³-hybridized carbons (Fsp3) is 0.562. The second-order valence-corrected chi connectivity index (χ2v) is 5.96. The summed E-state index contributed by atoms with van der Waals surface area (Å²) >= 11 is 0. The molecular weight excluding hydrogens is 314 g/mol. The third-order valence-corrected chi connectivity index (χ3v) is 3.59. The van der Waals surface area contributed by atoms with Crippen molar-refractivity contribution in [3.05, 3.63) is 46.3 Å². The van der Waals surface area contributed by atoms with Crippen molar-refractivity contribution >= 4 is 5.78 Å². The van der Waals surface area contributed by atoms with Gasteiger partial charge in [0.15, 0.2) is 11.6 Å². The number of nitrogens with zero attached hydrogens (tertiary/aromatic N) is 3. The molecule has 1 aliphatic rings. The average molecular weight is 335 g/mol. The number of carbonyl (C=O) groups excluding carboxylic acids is 1. The van der Waals surface area contributed by atoms with Gasteiger partial charge in [-0.3, -0.25) is 4.79 Å². The van der Waals surface area contributed by atoms with E-state index in [1.165, 1.54) is 0 Å². The molecule has 24 heavy (non-hydrogen) atoms. The monoisotopic (exact) mass is 335 g/mol. The summed E-state index contributed by atoms with van der Waals surface area (Å²) in [5, 5.41) is 14.0. The molecule has 130 valence electrons. The van der Waals surface area contributed by atoms with Gasteiger partial charge in [-0.2, -0.15) is 0 Å². The van der Waals surface area contributed by atoms with Gasteiger partial charge in [0.1, 0.15) is 12.7 Å². The number of aliphatic hydroxyl groups is 1. The molecule has 0 bridgehead atoms. The second kappa shape index (κ2) is 8.23. The van der Waals surface area contributed by atoms with E-state index in [1.54, 1.807) is 13.8 Å². The molecule has 1 aliphatic heterocycles. The van der Waals surface area contributed by atoms with Crippen LogP contribution in [0.5, 0.6) is 0 Å². The van der Waals surface area contributed by atoms with Gasteiger partial charge in [-0.05, 0) is 24.9 Å². The lowest BCUT2D eigenvalue weighted by Crippen LogP contribution is -2.54. The van der Waals surface area contributed by atoms with Crippen LogP contribution in [0.1, 0.15) is 19.4 Å². The Kier molecular flexibility index (Phi) is 6.30. The maximum Gasteiger partial charge on any atom is 0.190 e. The average Bonchev–Trinajstić information content (AvgIpc) is 2.57. The highest BCUT2D eigenvalue weighted by molar-refractivity contribution is 5.85. The van der Waals surface area contributed by atoms with Crippen molar-refractivity contribution in [2.45, 2.75) is 44.5 Å². The molecule has 8 heteroatoms. The smallest absolute Gasteiger partial charge is 0.190 e. The predicted octanol–water partition coefficient (Wildman–Crippen LogP) is 1.96. The van der Waals surface area contributed by atoms with Crippen LogP contribution in [0, 0.1) is 0 Å². The molecule has 0 spiro atoms. The highest BCUT2D eigenvalue weighted by atomic mass is 16.7. The zero-order valence-electron chi connectivity index (χ0n) is 13.7. The summed E-state index contributed by atoms with van der Waals surface area (Å²) in [6, 6.07) is 8.51. The molecule has 3 atom stereocenters. The largest absolute Gasteiger partial charge is 0.389 e. The number of aliphatic hydroxyl groups excluding tert-OH is 1. The summed E-state index contributed by atoms with van der Waals surface area (Å²) in [6.45, 7) is 3.40. The van der Waals surface area contributed by atoms with Crippen molar-refractivity contribution in [1.29, 1.82) is 0 Å². The maximum absolute atomic E-state index is 11.9. The number of rotatable bonds is 7. The molecule has 1 saturated heterocycles. The van der Waals surface area contributed by atoms with E-state index in [9.17, 15) is 9.90 Å². The van der Waals surface area contributed by atoms with E-state index in [-0.39, 0.29) is 13.2 Å². The van der Waals surface area contributed by atoms with Crippen LogP contribution in [0.25, 0.3) is 10.4 Å². The third-order valence-electron chi connectivity index (χ3n) is 3.59. The summed E-state index contributed by atoms with van der Waals surface area (Å²) in [5.74, 6) is -1.39. The quantitative estimate of drug-likeness (QED) is 0.465. The minimum atomic E-state index is -1.31. The fourth-order valence-electron chi connectivity index (χ4n) is 2.33. The zero-order valence-corrected chi connectivity index (χ0v) is 13.7. The number of benzene rings is 1. The number of ketones is 1. The van der Waals surface area contributed by atoms with E-state index in [4.69, 9.17) is 19.7 Å². The van der Waals surface area contributed by atoms with Crippen LogP contribution in [0.4, 0.5) is 0 Å². The molecule has 0 aliphatic carbocycles. The molecule has 0 aromatic heterocycles. The molecule has 1 heterocycles. The summed E-state index contributed by atoms with van der Waals surface area (Å²) < 4.78 is 16.2. The van der Waals surface area contributed by atoms with Crippen molar-refractivity contribution in [2.24, 2.45) is 5.11 Å². The molecule has 0 amide bonds. The molecule has 1 aromatic carbocycles. The first kappa shape index (κ1) is 18.4. The van der Waals surface area contributed by atoms with Crippen molar-refractivity contribution in [2.75, 3.05) is 13.2 Å². The van der Waals surface area contributed by atoms with Crippen molar-refractivity contribution < 1.29 is 24.1 Å². The molecule has 1 aromatic rings. The third kappa shape index (κ3) is 5.02. The van der Waals surface area contributed by atoms with Gasteiger partial charge in [-0.1, -0.05) is 35.4 Å². The SMILES string of the molecule is CC1(C)OCC(=O)[C@H]([C@@H](O)[C@@H](COCc2ccccc2)N=[N+]=[N-])O1. The standard InChI is InChI=1S/C16H21N3O5/c1-16(2)23-10-13(20)15(24-16)14(21)12(18-19-17)9-22-8-11-6-4-3-5-7-11/h3-7,12,14-15,21H,8-10H2,1-2H3/t12-,14+,15-/m1/s1. The van der Waals surface area contributed by atoms with Crippen LogP contribution in [-0.4, -0.2) is 48.1 Å². The Hall–Kier alpha value is -1.96. The summed E-state index contributed by atoms with van der Waals surface area (Å²) in [7, 11) is 0. The van der Waals surface area contributed by atoms with Crippen LogP contribution >= 0.6 is 0 Å². The van der Waals surface area contributed by atoms with E-state index in [0.29, 0.717) is 6.61 Å².